The van der Waals surface area contributed by atoms with E-state index in [1.54, 1.807) is 41.9 Å². The molecule has 0 aliphatic heterocycles. The Morgan fingerprint density at radius 2 is 2.00 bits per heavy atom. The minimum Gasteiger partial charge on any atom is -0.484 e. The van der Waals surface area contributed by atoms with Crippen molar-refractivity contribution in [2.24, 2.45) is 0 Å². The second kappa shape index (κ2) is 9.76. The molecule has 1 aromatic carbocycles. The van der Waals surface area contributed by atoms with Gasteiger partial charge in [0.2, 0.25) is 0 Å². The predicted octanol–water partition coefficient (Wildman–Crippen LogP) is 5.80. The van der Waals surface area contributed by atoms with E-state index in [-0.39, 0.29) is 18.3 Å². The van der Waals surface area contributed by atoms with Crippen LogP contribution in [0.3, 0.4) is 0 Å². The number of ether oxygens (including phenoxy) is 1. The number of nitrogens with zero attached hydrogens (tertiary/aromatic N) is 2. The molecule has 0 saturated heterocycles. The normalized spacial score (nSPS) is 10.9. The summed E-state index contributed by atoms with van der Waals surface area (Å²) in [6, 6.07) is 8.19. The summed E-state index contributed by atoms with van der Waals surface area (Å²) < 4.78 is 12.7. The topological polar surface area (TPSA) is 69.3 Å². The summed E-state index contributed by atoms with van der Waals surface area (Å²) in [6.07, 6.45) is 0.634. The molecule has 10 heteroatoms. The second-order valence-electron chi connectivity index (χ2n) is 6.15. The minimum absolute atomic E-state index is 0.131. The number of aromatic nitrogens is 2. The molecule has 3 rings (SSSR count). The van der Waals surface area contributed by atoms with Crippen LogP contribution < -0.4 is 10.1 Å². The van der Waals surface area contributed by atoms with Gasteiger partial charge in [0.15, 0.2) is 5.76 Å². The van der Waals surface area contributed by atoms with Crippen molar-refractivity contribution in [1.29, 1.82) is 0 Å². The number of aryl methyl sites for hydroxylation is 2. The van der Waals surface area contributed by atoms with E-state index in [4.69, 9.17) is 55.6 Å². The molecular formula is C19H17Cl4N3O3. The molecule has 0 aliphatic carbocycles. The van der Waals surface area contributed by atoms with E-state index in [9.17, 15) is 4.79 Å². The molecule has 0 aliphatic rings. The molecule has 2 heterocycles. The van der Waals surface area contributed by atoms with Gasteiger partial charge in [0.25, 0.3) is 5.91 Å². The average Bonchev–Trinajstić information content (AvgIpc) is 3.25. The third-order valence-electron chi connectivity index (χ3n) is 3.98. The van der Waals surface area contributed by atoms with Gasteiger partial charge >= 0.3 is 0 Å². The highest BCUT2D eigenvalue weighted by Gasteiger charge is 2.13. The van der Waals surface area contributed by atoms with Gasteiger partial charge in [-0.15, -0.1) is 0 Å². The molecule has 0 atom stereocenters. The van der Waals surface area contributed by atoms with Crippen molar-refractivity contribution in [3.05, 3.63) is 67.8 Å². The summed E-state index contributed by atoms with van der Waals surface area (Å²) in [4.78, 5) is 12.2. The molecule has 6 nitrogen and oxygen atoms in total. The van der Waals surface area contributed by atoms with E-state index in [0.29, 0.717) is 56.9 Å². The largest absolute Gasteiger partial charge is 0.484 e. The maximum Gasteiger partial charge on any atom is 0.286 e. The van der Waals surface area contributed by atoms with Gasteiger partial charge in [-0.2, -0.15) is 5.10 Å². The van der Waals surface area contributed by atoms with E-state index in [2.05, 4.69) is 10.4 Å². The van der Waals surface area contributed by atoms with Crippen LogP contribution in [0.5, 0.6) is 5.75 Å². The van der Waals surface area contributed by atoms with Gasteiger partial charge in [-0.05, 0) is 43.7 Å². The molecule has 0 bridgehead atoms. The van der Waals surface area contributed by atoms with Gasteiger partial charge in [-0.3, -0.25) is 9.48 Å². The first-order chi connectivity index (χ1) is 13.8. The van der Waals surface area contributed by atoms with Crippen molar-refractivity contribution < 1.29 is 13.9 Å². The lowest BCUT2D eigenvalue weighted by Crippen LogP contribution is -2.25. The number of carbonyl (C=O) groups is 1. The Kier molecular flexibility index (Phi) is 7.35. The number of hydrogen-bond acceptors (Lipinski definition) is 4. The molecule has 0 spiro atoms. The maximum atomic E-state index is 12.2. The molecule has 2 aromatic heterocycles. The van der Waals surface area contributed by atoms with E-state index in [1.807, 2.05) is 0 Å². The molecule has 154 valence electrons. The Labute approximate surface area is 187 Å². The number of hydrogen-bond donors (Lipinski definition) is 1. The molecule has 1 amide bonds. The van der Waals surface area contributed by atoms with E-state index in [0.717, 1.165) is 0 Å². The number of benzene rings is 1. The van der Waals surface area contributed by atoms with Crippen LogP contribution in [0, 0.1) is 6.92 Å². The second-order valence-corrected chi connectivity index (χ2v) is 7.73. The van der Waals surface area contributed by atoms with Crippen LogP contribution in [0.15, 0.2) is 34.7 Å². The Morgan fingerprint density at radius 1 is 1.21 bits per heavy atom. The monoisotopic (exact) mass is 475 g/mol. The lowest BCUT2D eigenvalue weighted by molar-refractivity contribution is 0.0921. The number of rotatable bonds is 8. The molecular weight excluding hydrogens is 460 g/mol. The third-order valence-corrected chi connectivity index (χ3v) is 5.44. The van der Waals surface area contributed by atoms with Crippen molar-refractivity contribution in [2.45, 2.75) is 26.5 Å². The SMILES string of the molecule is Cc1nn(CCCNC(=O)c2ccc(COc3ccc(Cl)cc3Cl)o2)c(Cl)c1Cl. The van der Waals surface area contributed by atoms with Crippen molar-refractivity contribution in [2.75, 3.05) is 6.54 Å². The zero-order chi connectivity index (χ0) is 21.0. The summed E-state index contributed by atoms with van der Waals surface area (Å²) in [5.41, 5.74) is 0.672. The highest BCUT2D eigenvalue weighted by molar-refractivity contribution is 6.41. The first-order valence-electron chi connectivity index (χ1n) is 8.68. The third kappa shape index (κ3) is 5.60. The highest BCUT2D eigenvalue weighted by atomic mass is 35.5. The zero-order valence-electron chi connectivity index (χ0n) is 15.3. The van der Waals surface area contributed by atoms with Crippen LogP contribution in [-0.2, 0) is 13.2 Å². The summed E-state index contributed by atoms with van der Waals surface area (Å²) in [5.74, 6) is 0.851. The maximum absolute atomic E-state index is 12.2. The fraction of sp³-hybridized carbons (Fsp3) is 0.263. The first kappa shape index (κ1) is 21.8. The fourth-order valence-corrected chi connectivity index (χ4v) is 3.37. The molecule has 0 fully saturated rings. The number of nitrogens with one attached hydrogen (secondary N) is 1. The minimum atomic E-state index is -0.318. The van der Waals surface area contributed by atoms with Gasteiger partial charge < -0.3 is 14.5 Å². The highest BCUT2D eigenvalue weighted by Crippen LogP contribution is 2.28. The van der Waals surface area contributed by atoms with Crippen LogP contribution in [-0.4, -0.2) is 22.2 Å². The van der Waals surface area contributed by atoms with Gasteiger partial charge in [-0.25, -0.2) is 0 Å². The van der Waals surface area contributed by atoms with Gasteiger partial charge in [0.05, 0.1) is 10.7 Å². The van der Waals surface area contributed by atoms with Gasteiger partial charge in [0.1, 0.15) is 28.3 Å². The molecule has 1 N–H and O–H groups in total. The van der Waals surface area contributed by atoms with Crippen LogP contribution in [0.2, 0.25) is 20.2 Å². The van der Waals surface area contributed by atoms with Gasteiger partial charge in [0, 0.05) is 18.1 Å². The van der Waals surface area contributed by atoms with Crippen LogP contribution >= 0.6 is 46.4 Å². The lowest BCUT2D eigenvalue weighted by atomic mass is 10.3. The molecule has 0 radical (unpaired) electrons. The summed E-state index contributed by atoms with van der Waals surface area (Å²) >= 11 is 24.0. The number of amides is 1. The standard InChI is InChI=1S/C19H17Cl4N3O3/c1-11-17(22)18(23)26(25-11)8-2-7-24-19(27)16-6-4-13(29-16)10-28-15-5-3-12(20)9-14(15)21/h3-6,9H,2,7-8,10H2,1H3,(H,24,27). The summed E-state index contributed by atoms with van der Waals surface area (Å²) in [7, 11) is 0. The average molecular weight is 477 g/mol. The Hall–Kier alpha value is -1.86. The van der Waals surface area contributed by atoms with E-state index >= 15 is 0 Å². The van der Waals surface area contributed by atoms with Crippen LogP contribution in [0.25, 0.3) is 0 Å². The van der Waals surface area contributed by atoms with Crippen LogP contribution in [0.1, 0.15) is 28.4 Å². The number of carbonyl (C=O) groups excluding carboxylic acids is 1. The zero-order valence-corrected chi connectivity index (χ0v) is 18.4. The molecule has 0 saturated carbocycles. The van der Waals surface area contributed by atoms with Crippen LogP contribution in [0.4, 0.5) is 0 Å². The quantitative estimate of drug-likeness (QED) is 0.417. The summed E-state index contributed by atoms with van der Waals surface area (Å²) in [6.45, 7) is 2.88. The first-order valence-corrected chi connectivity index (χ1v) is 10.2. The fourth-order valence-electron chi connectivity index (χ4n) is 2.52. The van der Waals surface area contributed by atoms with Gasteiger partial charge in [-0.1, -0.05) is 46.4 Å². The number of halogens is 4. The molecule has 29 heavy (non-hydrogen) atoms. The smallest absolute Gasteiger partial charge is 0.286 e. The molecule has 0 unspecified atom stereocenters. The Morgan fingerprint density at radius 3 is 2.69 bits per heavy atom. The summed E-state index contributed by atoms with van der Waals surface area (Å²) in [5, 5.41) is 8.78. The van der Waals surface area contributed by atoms with E-state index < -0.39 is 0 Å². The Balaban J connectivity index is 1.45. The lowest BCUT2D eigenvalue weighted by Gasteiger charge is -2.07. The predicted molar refractivity (Wildman–Crippen MR) is 113 cm³/mol. The van der Waals surface area contributed by atoms with Crippen molar-refractivity contribution in [3.8, 4) is 5.75 Å². The molecule has 3 aromatic rings. The van der Waals surface area contributed by atoms with Crippen molar-refractivity contribution >= 4 is 52.3 Å². The van der Waals surface area contributed by atoms with Crippen molar-refractivity contribution in [1.82, 2.24) is 15.1 Å². The Bertz CT molecular complexity index is 1020. The van der Waals surface area contributed by atoms with E-state index in [1.165, 1.54) is 0 Å². The number of furan rings is 1. The van der Waals surface area contributed by atoms with Crippen molar-refractivity contribution in [3.63, 3.8) is 0 Å².